The Hall–Kier alpha value is -4.61. The van der Waals surface area contributed by atoms with E-state index in [-0.39, 0.29) is 34.9 Å². The molecule has 1 aliphatic rings. The third-order valence-electron chi connectivity index (χ3n) is 6.32. The lowest BCUT2D eigenvalue weighted by Crippen LogP contribution is -2.25. The summed E-state index contributed by atoms with van der Waals surface area (Å²) in [6.07, 6.45) is 1.64. The molecule has 3 aromatic rings. The predicted octanol–water partition coefficient (Wildman–Crippen LogP) is 6.48. The topological polar surface area (TPSA) is 131 Å². The van der Waals surface area contributed by atoms with Crippen molar-refractivity contribution in [2.45, 2.75) is 25.7 Å². The van der Waals surface area contributed by atoms with Crippen LogP contribution in [0.25, 0.3) is 5.76 Å². The van der Waals surface area contributed by atoms with Crippen molar-refractivity contribution < 1.29 is 14.5 Å². The maximum absolute atomic E-state index is 13.1. The second kappa shape index (κ2) is 11.2. The van der Waals surface area contributed by atoms with E-state index in [2.05, 4.69) is 5.32 Å². The van der Waals surface area contributed by atoms with Crippen LogP contribution in [0.5, 0.6) is 0 Å². The van der Waals surface area contributed by atoms with Crippen molar-refractivity contribution in [1.29, 1.82) is 5.26 Å². The number of para-hydroxylation sites is 1. The molecule has 4 rings (SSSR count). The zero-order valence-corrected chi connectivity index (χ0v) is 21.5. The third-order valence-corrected chi connectivity index (χ3v) is 6.57. The SMILES string of the molecule is CC(C)C(C(=O)Nc1ccc(C2=CC(c3ccccc3[N+](=O)[O-])C(C#N)=C(N)O2)cc1)c1ccc(Cl)cc1. The van der Waals surface area contributed by atoms with E-state index in [9.17, 15) is 20.2 Å². The number of nitrogens with zero attached hydrogens (tertiary/aromatic N) is 2. The summed E-state index contributed by atoms with van der Waals surface area (Å²) in [5, 5.41) is 24.8. The van der Waals surface area contributed by atoms with E-state index in [0.717, 1.165) is 5.56 Å². The molecule has 2 atom stereocenters. The molecule has 0 spiro atoms. The molecule has 0 aliphatic carbocycles. The lowest BCUT2D eigenvalue weighted by atomic mass is 9.87. The number of carbonyl (C=O) groups is 1. The Bertz CT molecular complexity index is 1470. The highest BCUT2D eigenvalue weighted by atomic mass is 35.5. The molecule has 192 valence electrons. The lowest BCUT2D eigenvalue weighted by Gasteiger charge is -2.23. The fourth-order valence-electron chi connectivity index (χ4n) is 4.48. The van der Waals surface area contributed by atoms with Crippen molar-refractivity contribution in [1.82, 2.24) is 0 Å². The van der Waals surface area contributed by atoms with Gasteiger partial charge in [0.15, 0.2) is 0 Å². The van der Waals surface area contributed by atoms with Crippen molar-refractivity contribution in [3.63, 3.8) is 0 Å². The Morgan fingerprint density at radius 1 is 1.11 bits per heavy atom. The first-order valence-electron chi connectivity index (χ1n) is 11.9. The Kier molecular flexibility index (Phi) is 7.79. The van der Waals surface area contributed by atoms with Crippen LogP contribution in [0.3, 0.4) is 0 Å². The molecule has 0 aromatic heterocycles. The highest BCUT2D eigenvalue weighted by Gasteiger charge is 2.31. The molecule has 8 nitrogen and oxygen atoms in total. The molecule has 2 unspecified atom stereocenters. The minimum Gasteiger partial charge on any atom is -0.440 e. The number of halogens is 1. The fourth-order valence-corrected chi connectivity index (χ4v) is 4.61. The second-order valence-corrected chi connectivity index (χ2v) is 9.59. The van der Waals surface area contributed by atoms with E-state index in [1.54, 1.807) is 60.7 Å². The number of benzene rings is 3. The normalized spacial score (nSPS) is 15.8. The number of hydrogen-bond acceptors (Lipinski definition) is 6. The third kappa shape index (κ3) is 5.53. The van der Waals surface area contributed by atoms with E-state index in [1.807, 2.05) is 32.0 Å². The van der Waals surface area contributed by atoms with Gasteiger partial charge in [-0.3, -0.25) is 14.9 Å². The molecule has 1 amide bonds. The first-order chi connectivity index (χ1) is 18.2. The molecule has 3 aromatic carbocycles. The standard InChI is InChI=1S/C29H25ClN4O4/c1-17(2)27(19-7-11-20(30)12-8-19)29(35)33-21-13-9-18(10-14-21)26-15-23(24(16-31)28(32)38-26)22-5-3-4-6-25(22)34(36)37/h3-15,17,23,27H,32H2,1-2H3,(H,33,35). The van der Waals surface area contributed by atoms with E-state index < -0.39 is 10.8 Å². The van der Waals surface area contributed by atoms with E-state index in [4.69, 9.17) is 22.1 Å². The van der Waals surface area contributed by atoms with E-state index >= 15 is 0 Å². The molecular formula is C29H25ClN4O4. The average molecular weight is 529 g/mol. The number of rotatable bonds is 7. The number of anilines is 1. The van der Waals surface area contributed by atoms with Crippen LogP contribution in [-0.2, 0) is 9.53 Å². The smallest absolute Gasteiger partial charge is 0.273 e. The van der Waals surface area contributed by atoms with Gasteiger partial charge in [0, 0.05) is 27.9 Å². The summed E-state index contributed by atoms with van der Waals surface area (Å²) in [5.41, 5.74) is 8.45. The minimum absolute atomic E-state index is 0.0549. The van der Waals surface area contributed by atoms with Crippen molar-refractivity contribution in [3.8, 4) is 6.07 Å². The monoisotopic (exact) mass is 528 g/mol. The average Bonchev–Trinajstić information content (AvgIpc) is 2.89. The Morgan fingerprint density at radius 3 is 2.37 bits per heavy atom. The lowest BCUT2D eigenvalue weighted by molar-refractivity contribution is -0.385. The quantitative estimate of drug-likeness (QED) is 0.266. The van der Waals surface area contributed by atoms with Crippen molar-refractivity contribution in [2.24, 2.45) is 11.7 Å². The summed E-state index contributed by atoms with van der Waals surface area (Å²) < 4.78 is 5.71. The van der Waals surface area contributed by atoms with Gasteiger partial charge in [-0.25, -0.2) is 0 Å². The largest absolute Gasteiger partial charge is 0.440 e. The number of nitro groups is 1. The fraction of sp³-hybridized carbons (Fsp3) is 0.172. The van der Waals surface area contributed by atoms with Crippen LogP contribution in [0, 0.1) is 27.4 Å². The van der Waals surface area contributed by atoms with Crippen LogP contribution >= 0.6 is 11.6 Å². The number of nitrogens with two attached hydrogens (primary N) is 1. The van der Waals surface area contributed by atoms with Gasteiger partial charge in [-0.15, -0.1) is 0 Å². The van der Waals surface area contributed by atoms with Crippen LogP contribution in [0.2, 0.25) is 5.02 Å². The van der Waals surface area contributed by atoms with E-state index in [0.29, 0.717) is 27.6 Å². The maximum atomic E-state index is 13.1. The molecule has 3 N–H and O–H groups in total. The molecule has 1 heterocycles. The second-order valence-electron chi connectivity index (χ2n) is 9.16. The number of nitrogens with one attached hydrogen (secondary N) is 1. The molecular weight excluding hydrogens is 504 g/mol. The highest BCUT2D eigenvalue weighted by Crippen LogP contribution is 2.39. The summed E-state index contributed by atoms with van der Waals surface area (Å²) in [6.45, 7) is 3.96. The minimum atomic E-state index is -0.754. The predicted molar refractivity (Wildman–Crippen MR) is 146 cm³/mol. The molecule has 0 bridgehead atoms. The number of allylic oxidation sites excluding steroid dienone is 2. The summed E-state index contributed by atoms with van der Waals surface area (Å²) in [6, 6.07) is 22.4. The molecule has 0 radical (unpaired) electrons. The first kappa shape index (κ1) is 26.5. The van der Waals surface area contributed by atoms with Gasteiger partial charge in [0.25, 0.3) is 5.69 Å². The molecule has 0 fully saturated rings. The van der Waals surface area contributed by atoms with Crippen LogP contribution in [0.1, 0.15) is 42.4 Å². The summed E-state index contributed by atoms with van der Waals surface area (Å²) in [7, 11) is 0. The van der Waals surface area contributed by atoms with Crippen LogP contribution < -0.4 is 11.1 Å². The van der Waals surface area contributed by atoms with Gasteiger partial charge in [0.2, 0.25) is 11.8 Å². The number of amides is 1. The van der Waals surface area contributed by atoms with Crippen LogP contribution in [-0.4, -0.2) is 10.8 Å². The van der Waals surface area contributed by atoms with Gasteiger partial charge in [-0.1, -0.05) is 55.8 Å². The number of hydrogen-bond donors (Lipinski definition) is 2. The number of carbonyl (C=O) groups excluding carboxylic acids is 1. The zero-order chi connectivity index (χ0) is 27.4. The number of nitriles is 1. The van der Waals surface area contributed by atoms with Gasteiger partial charge in [0.1, 0.15) is 17.4 Å². The molecule has 38 heavy (non-hydrogen) atoms. The highest BCUT2D eigenvalue weighted by molar-refractivity contribution is 6.30. The van der Waals surface area contributed by atoms with Crippen molar-refractivity contribution in [3.05, 3.63) is 122 Å². The Morgan fingerprint density at radius 2 is 1.76 bits per heavy atom. The molecule has 0 saturated heterocycles. The van der Waals surface area contributed by atoms with Crippen molar-refractivity contribution in [2.75, 3.05) is 5.32 Å². The number of ether oxygens (including phenoxy) is 1. The zero-order valence-electron chi connectivity index (χ0n) is 20.7. The Balaban J connectivity index is 1.59. The number of nitro benzene ring substituents is 1. The van der Waals surface area contributed by atoms with Gasteiger partial charge in [-0.05, 0) is 54.0 Å². The van der Waals surface area contributed by atoms with Gasteiger partial charge < -0.3 is 15.8 Å². The maximum Gasteiger partial charge on any atom is 0.273 e. The first-order valence-corrected chi connectivity index (χ1v) is 12.3. The Labute approximate surface area is 225 Å². The van der Waals surface area contributed by atoms with Crippen LogP contribution in [0.4, 0.5) is 11.4 Å². The van der Waals surface area contributed by atoms with Gasteiger partial charge in [-0.2, -0.15) is 5.26 Å². The summed E-state index contributed by atoms with van der Waals surface area (Å²) in [5.74, 6) is -0.981. The van der Waals surface area contributed by atoms with Crippen LogP contribution in [0.15, 0.2) is 90.3 Å². The van der Waals surface area contributed by atoms with Gasteiger partial charge in [0.05, 0.1) is 16.8 Å². The molecule has 9 heteroatoms. The molecule has 0 saturated carbocycles. The molecule has 1 aliphatic heterocycles. The summed E-state index contributed by atoms with van der Waals surface area (Å²) in [4.78, 5) is 24.2. The summed E-state index contributed by atoms with van der Waals surface area (Å²) >= 11 is 6.00. The van der Waals surface area contributed by atoms with Crippen molar-refractivity contribution >= 4 is 34.6 Å². The van der Waals surface area contributed by atoms with Gasteiger partial charge >= 0.3 is 0 Å². The van der Waals surface area contributed by atoms with E-state index in [1.165, 1.54) is 6.07 Å².